The molecule has 0 saturated carbocycles. The predicted molar refractivity (Wildman–Crippen MR) is 79.2 cm³/mol. The molecular formula is C13H13BrFN3OS. The average Bonchev–Trinajstić information content (AvgIpc) is 2.88. The molecule has 7 heteroatoms. The highest BCUT2D eigenvalue weighted by Crippen LogP contribution is 2.16. The van der Waals surface area contributed by atoms with E-state index in [1.165, 1.54) is 6.07 Å². The quantitative estimate of drug-likeness (QED) is 0.892. The number of nitrogens with one attached hydrogen (secondary N) is 1. The number of nitrogens with zero attached hydrogens (tertiary/aromatic N) is 2. The molecule has 0 radical (unpaired) electrons. The predicted octanol–water partition coefficient (Wildman–Crippen LogP) is 3.32. The highest BCUT2D eigenvalue weighted by atomic mass is 79.9. The highest BCUT2D eigenvalue weighted by Gasteiger charge is 2.15. The number of aromatic nitrogens is 2. The van der Waals surface area contributed by atoms with E-state index in [9.17, 15) is 9.18 Å². The fourth-order valence-electron chi connectivity index (χ4n) is 1.72. The first-order chi connectivity index (χ1) is 9.61. The maximum Gasteiger partial charge on any atom is 0.265 e. The van der Waals surface area contributed by atoms with Crippen molar-refractivity contribution in [1.29, 1.82) is 0 Å². The van der Waals surface area contributed by atoms with Gasteiger partial charge >= 0.3 is 0 Å². The number of carbonyl (C=O) groups is 1. The molecule has 1 N–H and O–H groups in total. The SMILES string of the molecule is CCCc1nnsc1C(=O)NCc1cc(Br)ccc1F. The van der Waals surface area contributed by atoms with E-state index in [1.807, 2.05) is 6.92 Å². The van der Waals surface area contributed by atoms with Gasteiger partial charge in [0.15, 0.2) is 0 Å². The second-order valence-electron chi connectivity index (χ2n) is 4.22. The van der Waals surface area contributed by atoms with Gasteiger partial charge in [-0.1, -0.05) is 33.8 Å². The summed E-state index contributed by atoms with van der Waals surface area (Å²) >= 11 is 4.34. The molecule has 4 nitrogen and oxygen atoms in total. The van der Waals surface area contributed by atoms with Crippen LogP contribution in [0, 0.1) is 5.82 Å². The fourth-order valence-corrected chi connectivity index (χ4v) is 2.75. The molecule has 0 spiro atoms. The number of halogens is 2. The van der Waals surface area contributed by atoms with Gasteiger partial charge in [0.2, 0.25) is 0 Å². The van der Waals surface area contributed by atoms with E-state index in [0.717, 1.165) is 22.4 Å². The first-order valence-electron chi connectivity index (χ1n) is 6.15. The Morgan fingerprint density at radius 2 is 2.30 bits per heavy atom. The second kappa shape index (κ2) is 6.90. The van der Waals surface area contributed by atoms with Crippen LogP contribution >= 0.6 is 27.5 Å². The molecule has 0 bridgehead atoms. The summed E-state index contributed by atoms with van der Waals surface area (Å²) in [5.74, 6) is -0.604. The van der Waals surface area contributed by atoms with Crippen LogP contribution in [0.25, 0.3) is 0 Å². The standard InChI is InChI=1S/C13H13BrFN3OS/c1-2-3-11-12(20-18-17-11)13(19)16-7-8-6-9(14)4-5-10(8)15/h4-6H,2-3,7H2,1H3,(H,16,19). The van der Waals surface area contributed by atoms with Crippen LogP contribution in [0.3, 0.4) is 0 Å². The maximum atomic E-state index is 13.6. The van der Waals surface area contributed by atoms with E-state index >= 15 is 0 Å². The van der Waals surface area contributed by atoms with Crippen LogP contribution in [0.15, 0.2) is 22.7 Å². The van der Waals surface area contributed by atoms with Crippen LogP contribution < -0.4 is 5.32 Å². The number of hydrogen-bond acceptors (Lipinski definition) is 4. The lowest BCUT2D eigenvalue weighted by Crippen LogP contribution is -2.23. The van der Waals surface area contributed by atoms with Gasteiger partial charge in [-0.05, 0) is 36.2 Å². The topological polar surface area (TPSA) is 54.9 Å². The summed E-state index contributed by atoms with van der Waals surface area (Å²) in [5.41, 5.74) is 1.13. The molecule has 1 heterocycles. The summed E-state index contributed by atoms with van der Waals surface area (Å²) in [6.07, 6.45) is 1.61. The van der Waals surface area contributed by atoms with Crippen LogP contribution in [0.2, 0.25) is 0 Å². The van der Waals surface area contributed by atoms with Gasteiger partial charge < -0.3 is 5.32 Å². The lowest BCUT2D eigenvalue weighted by molar-refractivity contribution is 0.0953. The Kier molecular flexibility index (Phi) is 5.19. The summed E-state index contributed by atoms with van der Waals surface area (Å²) in [6, 6.07) is 4.63. The molecule has 2 aromatic rings. The molecule has 0 unspecified atom stereocenters. The number of rotatable bonds is 5. The number of aryl methyl sites for hydroxylation is 1. The zero-order valence-corrected chi connectivity index (χ0v) is 13.2. The minimum atomic E-state index is -0.343. The highest BCUT2D eigenvalue weighted by molar-refractivity contribution is 9.10. The Morgan fingerprint density at radius 1 is 1.50 bits per heavy atom. The molecule has 0 aliphatic carbocycles. The third-order valence-electron chi connectivity index (χ3n) is 2.70. The molecule has 2 rings (SSSR count). The molecule has 0 saturated heterocycles. The van der Waals surface area contributed by atoms with Crippen molar-refractivity contribution in [3.63, 3.8) is 0 Å². The molecule has 20 heavy (non-hydrogen) atoms. The van der Waals surface area contributed by atoms with E-state index in [4.69, 9.17) is 0 Å². The van der Waals surface area contributed by atoms with E-state index in [-0.39, 0.29) is 18.3 Å². The maximum absolute atomic E-state index is 13.6. The van der Waals surface area contributed by atoms with Crippen molar-refractivity contribution in [3.8, 4) is 0 Å². The zero-order chi connectivity index (χ0) is 14.5. The van der Waals surface area contributed by atoms with Crippen LogP contribution in [0.1, 0.15) is 34.3 Å². The molecule has 0 atom stereocenters. The van der Waals surface area contributed by atoms with Crippen LogP contribution in [0.5, 0.6) is 0 Å². The van der Waals surface area contributed by atoms with E-state index in [0.29, 0.717) is 22.6 Å². The molecular weight excluding hydrogens is 345 g/mol. The Balaban J connectivity index is 2.05. The smallest absolute Gasteiger partial charge is 0.265 e. The van der Waals surface area contributed by atoms with Crippen molar-refractivity contribution in [2.75, 3.05) is 0 Å². The third-order valence-corrected chi connectivity index (χ3v) is 3.96. The minimum absolute atomic E-state index is 0.133. The number of benzene rings is 1. The summed E-state index contributed by atoms with van der Waals surface area (Å²) in [6.45, 7) is 2.14. The third kappa shape index (κ3) is 3.61. The zero-order valence-electron chi connectivity index (χ0n) is 10.8. The molecule has 1 amide bonds. The first kappa shape index (κ1) is 15.1. The summed E-state index contributed by atoms with van der Waals surface area (Å²) in [5, 5.41) is 6.64. The van der Waals surface area contributed by atoms with Gasteiger partial charge in [0, 0.05) is 16.6 Å². The molecule has 0 aliphatic rings. The Hall–Kier alpha value is -1.34. The molecule has 106 valence electrons. The van der Waals surface area contributed by atoms with Gasteiger partial charge in [-0.25, -0.2) is 4.39 Å². The fraction of sp³-hybridized carbons (Fsp3) is 0.308. The lowest BCUT2D eigenvalue weighted by atomic mass is 10.2. The van der Waals surface area contributed by atoms with Gasteiger partial charge in [-0.2, -0.15) is 0 Å². The summed E-state index contributed by atoms with van der Waals surface area (Å²) < 4.78 is 18.1. The summed E-state index contributed by atoms with van der Waals surface area (Å²) in [4.78, 5) is 12.6. The van der Waals surface area contributed by atoms with Crippen LogP contribution in [0.4, 0.5) is 4.39 Å². The monoisotopic (exact) mass is 357 g/mol. The Bertz CT molecular complexity index is 617. The van der Waals surface area contributed by atoms with Gasteiger partial charge in [-0.15, -0.1) is 5.10 Å². The van der Waals surface area contributed by atoms with Crippen LogP contribution in [-0.2, 0) is 13.0 Å². The lowest BCUT2D eigenvalue weighted by Gasteiger charge is -2.06. The van der Waals surface area contributed by atoms with Gasteiger partial charge in [0.05, 0.1) is 5.69 Å². The van der Waals surface area contributed by atoms with Gasteiger partial charge in [0.1, 0.15) is 10.7 Å². The number of hydrogen-bond donors (Lipinski definition) is 1. The normalized spacial score (nSPS) is 10.6. The summed E-state index contributed by atoms with van der Waals surface area (Å²) in [7, 11) is 0. The molecule has 0 fully saturated rings. The van der Waals surface area contributed by atoms with Crippen molar-refractivity contribution in [2.24, 2.45) is 0 Å². The number of carbonyl (C=O) groups excluding carboxylic acids is 1. The van der Waals surface area contributed by atoms with Gasteiger partial charge in [0.25, 0.3) is 5.91 Å². The van der Waals surface area contributed by atoms with Crippen LogP contribution in [-0.4, -0.2) is 15.5 Å². The average molecular weight is 358 g/mol. The molecule has 0 aliphatic heterocycles. The van der Waals surface area contributed by atoms with Crippen molar-refractivity contribution < 1.29 is 9.18 Å². The van der Waals surface area contributed by atoms with E-state index < -0.39 is 0 Å². The second-order valence-corrected chi connectivity index (χ2v) is 5.89. The number of amides is 1. The van der Waals surface area contributed by atoms with E-state index in [1.54, 1.807) is 12.1 Å². The minimum Gasteiger partial charge on any atom is -0.347 e. The van der Waals surface area contributed by atoms with Crippen molar-refractivity contribution in [1.82, 2.24) is 14.9 Å². The van der Waals surface area contributed by atoms with Gasteiger partial charge in [-0.3, -0.25) is 4.79 Å². The van der Waals surface area contributed by atoms with Crippen molar-refractivity contribution in [2.45, 2.75) is 26.3 Å². The van der Waals surface area contributed by atoms with E-state index in [2.05, 4.69) is 30.8 Å². The largest absolute Gasteiger partial charge is 0.347 e. The Labute approximate surface area is 128 Å². The van der Waals surface area contributed by atoms with Crippen molar-refractivity contribution >= 4 is 33.4 Å². The first-order valence-corrected chi connectivity index (χ1v) is 7.71. The molecule has 1 aromatic carbocycles. The van der Waals surface area contributed by atoms with Crippen molar-refractivity contribution in [3.05, 3.63) is 44.6 Å². The molecule has 1 aromatic heterocycles. The Morgan fingerprint density at radius 3 is 3.05 bits per heavy atom.